The number of ether oxygens (including phenoxy) is 1. The summed E-state index contributed by atoms with van der Waals surface area (Å²) in [6.07, 6.45) is -3.77. The summed E-state index contributed by atoms with van der Waals surface area (Å²) >= 11 is 1.26. The van der Waals surface area contributed by atoms with E-state index < -0.39 is 18.7 Å². The van der Waals surface area contributed by atoms with E-state index in [0.717, 1.165) is 11.4 Å². The third kappa shape index (κ3) is 7.39. The fourth-order valence-electron chi connectivity index (χ4n) is 1.27. The van der Waals surface area contributed by atoms with Crippen LogP contribution in [0.2, 0.25) is 0 Å². The van der Waals surface area contributed by atoms with Crippen LogP contribution in [-0.4, -0.2) is 35.5 Å². The average Bonchev–Trinajstić information content (AvgIpc) is 2.69. The Balaban J connectivity index is 2.26. The summed E-state index contributed by atoms with van der Waals surface area (Å²) in [5.74, 6) is -0.0123. The number of carbonyl (C=O) groups excluding carboxylic acids is 1. The zero-order valence-electron chi connectivity index (χ0n) is 11.2. The first-order chi connectivity index (χ1) is 9.26. The number of carbonyl (C=O) groups is 1. The lowest BCUT2D eigenvalue weighted by atomic mass is 10.1. The van der Waals surface area contributed by atoms with Crippen molar-refractivity contribution in [3.8, 4) is 0 Å². The van der Waals surface area contributed by atoms with E-state index in [0.29, 0.717) is 11.0 Å². The molecule has 0 spiro atoms. The Morgan fingerprint density at radius 1 is 1.40 bits per heavy atom. The minimum atomic E-state index is -4.37. The molecule has 0 aliphatic rings. The van der Waals surface area contributed by atoms with Gasteiger partial charge in [-0.1, -0.05) is 25.2 Å². The average molecular weight is 311 g/mol. The van der Waals surface area contributed by atoms with Crippen molar-refractivity contribution >= 4 is 22.4 Å². The Hall–Kier alpha value is -1.22. The summed E-state index contributed by atoms with van der Waals surface area (Å²) in [7, 11) is 0. The summed E-state index contributed by atoms with van der Waals surface area (Å²) < 4.78 is 39.7. The van der Waals surface area contributed by atoms with Gasteiger partial charge in [-0.3, -0.25) is 4.79 Å². The maximum atomic E-state index is 11.8. The van der Waals surface area contributed by atoms with Crippen molar-refractivity contribution in [3.63, 3.8) is 0 Å². The van der Waals surface area contributed by atoms with Crippen LogP contribution < -0.4 is 5.32 Å². The van der Waals surface area contributed by atoms with Crippen LogP contribution in [0.4, 0.5) is 18.3 Å². The molecule has 1 heterocycles. The highest BCUT2D eigenvalue weighted by atomic mass is 32.1. The molecule has 114 valence electrons. The fourth-order valence-corrected chi connectivity index (χ4v) is 2.24. The molecule has 0 aliphatic carbocycles. The molecule has 0 fully saturated rings. The van der Waals surface area contributed by atoms with E-state index in [-0.39, 0.29) is 13.0 Å². The molecule has 5 nitrogen and oxygen atoms in total. The molecule has 0 bridgehead atoms. The van der Waals surface area contributed by atoms with Crippen molar-refractivity contribution in [2.45, 2.75) is 32.9 Å². The second-order valence-electron chi connectivity index (χ2n) is 4.56. The largest absolute Gasteiger partial charge is 0.411 e. The van der Waals surface area contributed by atoms with E-state index in [1.54, 1.807) is 0 Å². The molecule has 1 aromatic rings. The van der Waals surface area contributed by atoms with Crippen LogP contribution >= 0.6 is 11.3 Å². The molecule has 0 radical (unpaired) electrons. The lowest BCUT2D eigenvalue weighted by Crippen LogP contribution is -2.20. The van der Waals surface area contributed by atoms with Gasteiger partial charge in [-0.05, 0) is 5.92 Å². The molecular formula is C11H16F3N3O2S. The Kier molecular flexibility index (Phi) is 6.34. The van der Waals surface area contributed by atoms with E-state index >= 15 is 0 Å². The van der Waals surface area contributed by atoms with Crippen molar-refractivity contribution in [2.75, 3.05) is 18.5 Å². The molecule has 0 aromatic carbocycles. The SMILES string of the molecule is CC(C)Cc1nnc(NC(=O)CCOCC(F)(F)F)s1. The molecule has 1 aromatic heterocycles. The quantitative estimate of drug-likeness (QED) is 0.786. The van der Waals surface area contributed by atoms with Crippen molar-refractivity contribution in [1.82, 2.24) is 10.2 Å². The first-order valence-electron chi connectivity index (χ1n) is 6.03. The van der Waals surface area contributed by atoms with Crippen LogP contribution in [0, 0.1) is 5.92 Å². The Morgan fingerprint density at radius 2 is 2.10 bits per heavy atom. The van der Waals surface area contributed by atoms with E-state index in [1.807, 2.05) is 13.8 Å². The van der Waals surface area contributed by atoms with Crippen LogP contribution in [0.1, 0.15) is 25.3 Å². The van der Waals surface area contributed by atoms with Crippen molar-refractivity contribution in [1.29, 1.82) is 0 Å². The highest BCUT2D eigenvalue weighted by Gasteiger charge is 2.27. The first kappa shape index (κ1) is 16.8. The predicted octanol–water partition coefficient (Wildman–Crippen LogP) is 2.64. The van der Waals surface area contributed by atoms with Gasteiger partial charge in [0.2, 0.25) is 11.0 Å². The molecule has 0 aliphatic heterocycles. The summed E-state index contributed by atoms with van der Waals surface area (Å²) in [4.78, 5) is 11.4. The smallest absolute Gasteiger partial charge is 0.372 e. The zero-order valence-corrected chi connectivity index (χ0v) is 12.0. The number of alkyl halides is 3. The number of nitrogens with zero attached hydrogens (tertiary/aromatic N) is 2. The first-order valence-corrected chi connectivity index (χ1v) is 6.84. The topological polar surface area (TPSA) is 64.1 Å². The van der Waals surface area contributed by atoms with Crippen molar-refractivity contribution in [2.24, 2.45) is 5.92 Å². The third-order valence-electron chi connectivity index (χ3n) is 2.04. The second kappa shape index (κ2) is 7.53. The lowest BCUT2D eigenvalue weighted by molar-refractivity contribution is -0.174. The molecular weight excluding hydrogens is 295 g/mol. The standard InChI is InChI=1S/C11H16F3N3O2S/c1-7(2)5-9-16-17-10(20-9)15-8(18)3-4-19-6-11(12,13)14/h7H,3-6H2,1-2H3,(H,15,17,18). The van der Waals surface area contributed by atoms with Gasteiger partial charge in [0.1, 0.15) is 11.6 Å². The number of halogens is 3. The van der Waals surface area contributed by atoms with E-state index in [2.05, 4.69) is 20.3 Å². The highest BCUT2D eigenvalue weighted by molar-refractivity contribution is 7.15. The number of anilines is 1. The highest BCUT2D eigenvalue weighted by Crippen LogP contribution is 2.18. The van der Waals surface area contributed by atoms with Gasteiger partial charge >= 0.3 is 6.18 Å². The maximum absolute atomic E-state index is 11.8. The van der Waals surface area contributed by atoms with Crippen LogP contribution in [0.3, 0.4) is 0 Å². The van der Waals surface area contributed by atoms with Crippen LogP contribution in [0.15, 0.2) is 0 Å². The molecule has 1 rings (SSSR count). The van der Waals surface area contributed by atoms with Gasteiger partial charge < -0.3 is 10.1 Å². The molecule has 0 atom stereocenters. The van der Waals surface area contributed by atoms with Gasteiger partial charge in [-0.15, -0.1) is 10.2 Å². The summed E-state index contributed by atoms with van der Waals surface area (Å²) in [6.45, 7) is 2.44. The molecule has 0 unspecified atom stereocenters. The number of hydrogen-bond donors (Lipinski definition) is 1. The number of nitrogens with one attached hydrogen (secondary N) is 1. The van der Waals surface area contributed by atoms with Crippen LogP contribution in [0.5, 0.6) is 0 Å². The molecule has 1 amide bonds. The van der Waals surface area contributed by atoms with E-state index in [9.17, 15) is 18.0 Å². The number of amides is 1. The van der Waals surface area contributed by atoms with Gasteiger partial charge in [0.25, 0.3) is 0 Å². The maximum Gasteiger partial charge on any atom is 0.411 e. The summed E-state index contributed by atoms with van der Waals surface area (Å²) in [6, 6.07) is 0. The fraction of sp³-hybridized carbons (Fsp3) is 0.727. The van der Waals surface area contributed by atoms with Crippen molar-refractivity contribution in [3.05, 3.63) is 5.01 Å². The molecule has 20 heavy (non-hydrogen) atoms. The normalized spacial score (nSPS) is 11.9. The second-order valence-corrected chi connectivity index (χ2v) is 5.63. The van der Waals surface area contributed by atoms with E-state index in [4.69, 9.17) is 0 Å². The monoisotopic (exact) mass is 311 g/mol. The molecule has 0 saturated carbocycles. The predicted molar refractivity (Wildman–Crippen MR) is 68.6 cm³/mol. The number of aromatic nitrogens is 2. The summed E-state index contributed by atoms with van der Waals surface area (Å²) in [5, 5.41) is 11.3. The van der Waals surface area contributed by atoms with Gasteiger partial charge in [-0.25, -0.2) is 0 Å². The minimum absolute atomic E-state index is 0.158. The van der Waals surface area contributed by atoms with E-state index in [1.165, 1.54) is 11.3 Å². The minimum Gasteiger partial charge on any atom is -0.372 e. The third-order valence-corrected chi connectivity index (χ3v) is 2.90. The van der Waals surface area contributed by atoms with Gasteiger partial charge in [0.05, 0.1) is 13.0 Å². The Bertz CT molecular complexity index is 435. The molecule has 1 N–H and O–H groups in total. The van der Waals surface area contributed by atoms with Gasteiger partial charge in [-0.2, -0.15) is 13.2 Å². The number of hydrogen-bond acceptors (Lipinski definition) is 5. The van der Waals surface area contributed by atoms with Gasteiger partial charge in [0, 0.05) is 6.42 Å². The molecule has 9 heteroatoms. The van der Waals surface area contributed by atoms with Gasteiger partial charge in [0.15, 0.2) is 0 Å². The van der Waals surface area contributed by atoms with Crippen LogP contribution in [-0.2, 0) is 16.0 Å². The Labute approximate surface area is 118 Å². The Morgan fingerprint density at radius 3 is 2.70 bits per heavy atom. The summed E-state index contributed by atoms with van der Waals surface area (Å²) in [5.41, 5.74) is 0. The lowest BCUT2D eigenvalue weighted by Gasteiger charge is -2.06. The zero-order chi connectivity index (χ0) is 15.2. The van der Waals surface area contributed by atoms with Crippen LogP contribution in [0.25, 0.3) is 0 Å². The number of rotatable bonds is 7. The van der Waals surface area contributed by atoms with Crippen molar-refractivity contribution < 1.29 is 22.7 Å². The molecule has 0 saturated heterocycles.